The molecule has 0 aliphatic carbocycles. The molecule has 20 heavy (non-hydrogen) atoms. The van der Waals surface area contributed by atoms with Crippen molar-refractivity contribution in [2.45, 2.75) is 11.1 Å². The first-order valence-electron chi connectivity index (χ1n) is 5.43. The Morgan fingerprint density at radius 3 is 2.00 bits per heavy atom. The maximum Gasteiger partial charge on any atom is 0.416 e. The van der Waals surface area contributed by atoms with Crippen molar-refractivity contribution in [2.75, 3.05) is 0 Å². The Morgan fingerprint density at radius 2 is 1.45 bits per heavy atom. The van der Waals surface area contributed by atoms with E-state index in [1.165, 1.54) is 24.3 Å². The van der Waals surface area contributed by atoms with Gasteiger partial charge in [-0.05, 0) is 35.4 Å². The topological polar surface area (TPSA) is 54.4 Å². The van der Waals surface area contributed by atoms with Crippen molar-refractivity contribution in [1.82, 2.24) is 0 Å². The second-order valence-electron chi connectivity index (χ2n) is 4.08. The lowest BCUT2D eigenvalue weighted by Crippen LogP contribution is -2.04. The molecule has 0 saturated carbocycles. The molecule has 0 aromatic heterocycles. The molecule has 0 atom stereocenters. The third-order valence-corrected chi connectivity index (χ3v) is 3.50. The van der Waals surface area contributed by atoms with Crippen LogP contribution >= 0.6 is 0 Å². The zero-order valence-corrected chi connectivity index (χ0v) is 10.7. The van der Waals surface area contributed by atoms with Gasteiger partial charge < -0.3 is 0 Å². The van der Waals surface area contributed by atoms with Crippen LogP contribution in [0.4, 0.5) is 13.2 Å². The number of benzene rings is 2. The highest BCUT2D eigenvalue weighted by atomic mass is 32.2. The molecule has 0 amide bonds. The molecule has 3 nitrogen and oxygen atoms in total. The zero-order valence-electron chi connectivity index (χ0n) is 9.92. The lowest BCUT2D eigenvalue weighted by Gasteiger charge is -2.09. The van der Waals surface area contributed by atoms with Gasteiger partial charge in [0.25, 0.3) is 10.1 Å². The summed E-state index contributed by atoms with van der Waals surface area (Å²) in [5.74, 6) is 0. The van der Waals surface area contributed by atoms with E-state index in [2.05, 4.69) is 0 Å². The summed E-state index contributed by atoms with van der Waals surface area (Å²) < 4.78 is 68.8. The van der Waals surface area contributed by atoms with Crippen LogP contribution in [0.2, 0.25) is 0 Å². The fourth-order valence-electron chi connectivity index (χ4n) is 1.71. The fourth-order valence-corrected chi connectivity index (χ4v) is 2.24. The second-order valence-corrected chi connectivity index (χ2v) is 5.50. The molecule has 1 N–H and O–H groups in total. The Bertz CT molecular complexity index is 737. The van der Waals surface area contributed by atoms with E-state index >= 15 is 0 Å². The van der Waals surface area contributed by atoms with Crippen molar-refractivity contribution < 1.29 is 26.1 Å². The largest absolute Gasteiger partial charge is 0.416 e. The standard InChI is InChI=1S/C13H9F3O3S/c14-13(15,16)11-5-1-3-9(7-11)10-4-2-6-12(8-10)20(17,18)19/h1-8H,(H,17,18,19). The lowest BCUT2D eigenvalue weighted by molar-refractivity contribution is -0.137. The van der Waals surface area contributed by atoms with Crippen molar-refractivity contribution in [1.29, 1.82) is 0 Å². The maximum atomic E-state index is 12.6. The molecule has 2 rings (SSSR count). The number of hydrogen-bond donors (Lipinski definition) is 1. The first kappa shape index (κ1) is 14.5. The van der Waals surface area contributed by atoms with Crippen LogP contribution in [0.25, 0.3) is 11.1 Å². The average Bonchev–Trinajstić information content (AvgIpc) is 2.37. The van der Waals surface area contributed by atoms with Gasteiger partial charge >= 0.3 is 6.18 Å². The minimum absolute atomic E-state index is 0.213. The van der Waals surface area contributed by atoms with Crippen LogP contribution in [0.15, 0.2) is 53.4 Å². The SMILES string of the molecule is O=S(=O)(O)c1cccc(-c2cccc(C(F)(F)F)c2)c1. The number of hydrogen-bond acceptors (Lipinski definition) is 2. The quantitative estimate of drug-likeness (QED) is 0.862. The molecule has 0 aliphatic heterocycles. The number of rotatable bonds is 2. The van der Waals surface area contributed by atoms with Gasteiger partial charge in [-0.1, -0.05) is 24.3 Å². The minimum Gasteiger partial charge on any atom is -0.282 e. The van der Waals surface area contributed by atoms with E-state index in [9.17, 15) is 21.6 Å². The molecular formula is C13H9F3O3S. The van der Waals surface area contributed by atoms with Crippen molar-refractivity contribution >= 4 is 10.1 Å². The Balaban J connectivity index is 2.53. The van der Waals surface area contributed by atoms with Crippen LogP contribution < -0.4 is 0 Å². The Hall–Kier alpha value is -1.86. The van der Waals surface area contributed by atoms with Gasteiger partial charge in [0.15, 0.2) is 0 Å². The Labute approximate surface area is 113 Å². The summed E-state index contributed by atoms with van der Waals surface area (Å²) in [5, 5.41) is 0. The Kier molecular flexibility index (Phi) is 3.58. The van der Waals surface area contributed by atoms with E-state index in [0.29, 0.717) is 0 Å². The third-order valence-electron chi connectivity index (χ3n) is 2.66. The van der Waals surface area contributed by atoms with Gasteiger partial charge in [0.2, 0.25) is 0 Å². The van der Waals surface area contributed by atoms with Crippen molar-refractivity contribution in [3.05, 3.63) is 54.1 Å². The highest BCUT2D eigenvalue weighted by Crippen LogP contribution is 2.32. The highest BCUT2D eigenvalue weighted by Gasteiger charge is 2.30. The molecule has 0 unspecified atom stereocenters. The van der Waals surface area contributed by atoms with Crippen molar-refractivity contribution in [2.24, 2.45) is 0 Å². The molecule has 0 bridgehead atoms. The van der Waals surface area contributed by atoms with Crippen molar-refractivity contribution in [3.8, 4) is 11.1 Å². The van der Waals surface area contributed by atoms with Crippen LogP contribution in [0, 0.1) is 0 Å². The van der Waals surface area contributed by atoms with Gasteiger partial charge in [-0.2, -0.15) is 21.6 Å². The summed E-state index contributed by atoms with van der Waals surface area (Å²) in [6.07, 6.45) is -4.48. The minimum atomic E-state index is -4.48. The van der Waals surface area contributed by atoms with E-state index in [1.807, 2.05) is 0 Å². The second kappa shape index (κ2) is 4.92. The van der Waals surface area contributed by atoms with E-state index in [1.54, 1.807) is 0 Å². The lowest BCUT2D eigenvalue weighted by atomic mass is 10.0. The van der Waals surface area contributed by atoms with Crippen LogP contribution in [-0.4, -0.2) is 13.0 Å². The molecule has 106 valence electrons. The van der Waals surface area contributed by atoms with Gasteiger partial charge in [-0.15, -0.1) is 0 Å². The smallest absolute Gasteiger partial charge is 0.282 e. The van der Waals surface area contributed by atoms with Crippen LogP contribution in [0.1, 0.15) is 5.56 Å². The molecule has 2 aromatic rings. The zero-order chi connectivity index (χ0) is 15.0. The predicted molar refractivity (Wildman–Crippen MR) is 66.7 cm³/mol. The van der Waals surface area contributed by atoms with Gasteiger partial charge in [-0.25, -0.2) is 0 Å². The molecular weight excluding hydrogens is 293 g/mol. The highest BCUT2D eigenvalue weighted by molar-refractivity contribution is 7.85. The summed E-state index contributed by atoms with van der Waals surface area (Å²) >= 11 is 0. The number of halogens is 3. The van der Waals surface area contributed by atoms with E-state index in [4.69, 9.17) is 4.55 Å². The molecule has 0 heterocycles. The molecule has 0 radical (unpaired) electrons. The van der Waals surface area contributed by atoms with Crippen LogP contribution in [-0.2, 0) is 16.3 Å². The summed E-state index contributed by atoms with van der Waals surface area (Å²) in [6.45, 7) is 0. The summed E-state index contributed by atoms with van der Waals surface area (Å²) in [7, 11) is -4.39. The molecule has 0 saturated heterocycles. The Morgan fingerprint density at radius 1 is 0.900 bits per heavy atom. The van der Waals surface area contributed by atoms with Crippen LogP contribution in [0.3, 0.4) is 0 Å². The first-order chi connectivity index (χ1) is 9.18. The monoisotopic (exact) mass is 302 g/mol. The predicted octanol–water partition coefficient (Wildman–Crippen LogP) is 3.62. The average molecular weight is 302 g/mol. The number of alkyl halides is 3. The van der Waals surface area contributed by atoms with Crippen molar-refractivity contribution in [3.63, 3.8) is 0 Å². The molecule has 0 aliphatic rings. The normalized spacial score (nSPS) is 12.4. The van der Waals surface area contributed by atoms with E-state index < -0.39 is 21.9 Å². The van der Waals surface area contributed by atoms with Gasteiger partial charge in [0.1, 0.15) is 0 Å². The molecule has 7 heteroatoms. The molecule has 2 aromatic carbocycles. The van der Waals surface area contributed by atoms with Gasteiger partial charge in [0.05, 0.1) is 10.5 Å². The summed E-state index contributed by atoms with van der Waals surface area (Å²) in [6, 6.07) is 9.59. The van der Waals surface area contributed by atoms with E-state index in [0.717, 1.165) is 24.3 Å². The maximum absolute atomic E-state index is 12.6. The van der Waals surface area contributed by atoms with Gasteiger partial charge in [0, 0.05) is 0 Å². The first-order valence-corrected chi connectivity index (χ1v) is 6.87. The van der Waals surface area contributed by atoms with E-state index in [-0.39, 0.29) is 16.0 Å². The van der Waals surface area contributed by atoms with Gasteiger partial charge in [-0.3, -0.25) is 4.55 Å². The summed E-state index contributed by atoms with van der Waals surface area (Å²) in [4.78, 5) is -0.368. The fraction of sp³-hybridized carbons (Fsp3) is 0.0769. The summed E-state index contributed by atoms with van der Waals surface area (Å²) in [5.41, 5.74) is -0.344. The van der Waals surface area contributed by atoms with Crippen LogP contribution in [0.5, 0.6) is 0 Å². The molecule has 0 spiro atoms. The molecule has 0 fully saturated rings. The third kappa shape index (κ3) is 3.17.